The molecule has 2 fully saturated rings. The quantitative estimate of drug-likeness (QED) is 0.566. The highest BCUT2D eigenvalue weighted by Crippen LogP contribution is 2.24. The first-order chi connectivity index (χ1) is 15.0. The molecule has 2 N–H and O–H groups in total. The molecule has 0 amide bonds. The van der Waals surface area contributed by atoms with Gasteiger partial charge in [0, 0.05) is 32.2 Å². The van der Waals surface area contributed by atoms with E-state index in [1.54, 1.807) is 6.07 Å². The summed E-state index contributed by atoms with van der Waals surface area (Å²) in [7, 11) is 1.97. The Morgan fingerprint density at radius 3 is 2.58 bits per heavy atom. The molecule has 0 spiro atoms. The zero-order valence-corrected chi connectivity index (χ0v) is 18.9. The first kappa shape index (κ1) is 21.6. The number of nitrogens with zero attached hydrogens (tertiary/aromatic N) is 5. The molecule has 1 saturated carbocycles. The van der Waals surface area contributed by atoms with E-state index in [0.29, 0.717) is 18.3 Å². The molecule has 31 heavy (non-hydrogen) atoms. The SMILES string of the molecule is Cc1ccc(F)c(N2CCCC(NC(=NCc3nnc(C)n3C)NC3CCCC3)C2)c1. The van der Waals surface area contributed by atoms with Crippen LogP contribution in [0.1, 0.15) is 55.7 Å². The second-order valence-electron chi connectivity index (χ2n) is 8.90. The van der Waals surface area contributed by atoms with Gasteiger partial charge >= 0.3 is 0 Å². The van der Waals surface area contributed by atoms with E-state index in [1.807, 2.05) is 37.6 Å². The molecule has 2 aromatic rings. The molecule has 2 aliphatic rings. The largest absolute Gasteiger partial charge is 0.367 e. The molecular formula is C23H34FN7. The molecule has 4 rings (SSSR count). The Morgan fingerprint density at radius 1 is 1.10 bits per heavy atom. The predicted octanol–water partition coefficient (Wildman–Crippen LogP) is 3.22. The number of halogens is 1. The molecule has 1 aliphatic heterocycles. The number of aromatic nitrogens is 3. The highest BCUT2D eigenvalue weighted by molar-refractivity contribution is 5.80. The van der Waals surface area contributed by atoms with Crippen LogP contribution in [0.2, 0.25) is 0 Å². The number of nitrogens with one attached hydrogen (secondary N) is 2. The van der Waals surface area contributed by atoms with Crippen LogP contribution in [0.4, 0.5) is 10.1 Å². The lowest BCUT2D eigenvalue weighted by Crippen LogP contribution is -2.53. The summed E-state index contributed by atoms with van der Waals surface area (Å²) in [6, 6.07) is 6.01. The molecule has 2 heterocycles. The maximum absolute atomic E-state index is 14.4. The van der Waals surface area contributed by atoms with Gasteiger partial charge in [-0.3, -0.25) is 0 Å². The van der Waals surface area contributed by atoms with Gasteiger partial charge < -0.3 is 20.1 Å². The van der Waals surface area contributed by atoms with Crippen LogP contribution in [0.15, 0.2) is 23.2 Å². The Morgan fingerprint density at radius 2 is 1.84 bits per heavy atom. The van der Waals surface area contributed by atoms with Crippen molar-refractivity contribution in [2.45, 2.75) is 71.0 Å². The Kier molecular flexibility index (Phi) is 6.73. The number of guanidine groups is 1. The lowest BCUT2D eigenvalue weighted by molar-refractivity contribution is 0.458. The molecule has 168 valence electrons. The molecule has 1 unspecified atom stereocenters. The van der Waals surface area contributed by atoms with Gasteiger partial charge in [0.05, 0.1) is 5.69 Å². The maximum Gasteiger partial charge on any atom is 0.192 e. The summed E-state index contributed by atoms with van der Waals surface area (Å²) >= 11 is 0. The Bertz CT molecular complexity index is 917. The van der Waals surface area contributed by atoms with Crippen LogP contribution in [0.3, 0.4) is 0 Å². The minimum atomic E-state index is -0.151. The van der Waals surface area contributed by atoms with E-state index in [4.69, 9.17) is 4.99 Å². The average Bonchev–Trinajstić information content (AvgIpc) is 3.38. The van der Waals surface area contributed by atoms with Gasteiger partial charge in [-0.25, -0.2) is 9.38 Å². The number of piperidine rings is 1. The van der Waals surface area contributed by atoms with Crippen LogP contribution < -0.4 is 15.5 Å². The highest BCUT2D eigenvalue weighted by Gasteiger charge is 2.24. The Labute approximate surface area is 184 Å². The maximum atomic E-state index is 14.4. The number of anilines is 1. The van der Waals surface area contributed by atoms with E-state index in [2.05, 4.69) is 25.7 Å². The van der Waals surface area contributed by atoms with E-state index in [0.717, 1.165) is 49.1 Å². The third-order valence-electron chi connectivity index (χ3n) is 6.46. The van der Waals surface area contributed by atoms with Gasteiger partial charge in [-0.05, 0) is 57.2 Å². The van der Waals surface area contributed by atoms with Crippen LogP contribution in [0, 0.1) is 19.7 Å². The van der Waals surface area contributed by atoms with Gasteiger partial charge in [0.2, 0.25) is 0 Å². The molecule has 1 saturated heterocycles. The zero-order chi connectivity index (χ0) is 21.8. The number of aliphatic imine (C=N–C) groups is 1. The number of hydrogen-bond donors (Lipinski definition) is 2. The van der Waals surface area contributed by atoms with E-state index >= 15 is 0 Å². The third kappa shape index (κ3) is 5.35. The standard InChI is InChI=1S/C23H34FN7/c1-16-10-11-20(24)21(13-16)31-12-6-9-19(15-31)27-23(26-18-7-4-5-8-18)25-14-22-29-28-17(2)30(22)3/h10-11,13,18-19H,4-9,12,14-15H2,1-3H3,(H2,25,26,27). The molecule has 0 radical (unpaired) electrons. The van der Waals surface area contributed by atoms with Crippen molar-refractivity contribution in [1.29, 1.82) is 0 Å². The van der Waals surface area contributed by atoms with E-state index in [1.165, 1.54) is 25.7 Å². The normalized spacial score (nSPS) is 20.3. The van der Waals surface area contributed by atoms with Crippen molar-refractivity contribution in [3.63, 3.8) is 0 Å². The zero-order valence-electron chi connectivity index (χ0n) is 18.9. The second kappa shape index (κ2) is 9.66. The summed E-state index contributed by atoms with van der Waals surface area (Å²) in [5.41, 5.74) is 1.78. The molecule has 7 nitrogen and oxygen atoms in total. The fourth-order valence-corrected chi connectivity index (χ4v) is 4.51. The fourth-order valence-electron chi connectivity index (χ4n) is 4.51. The van der Waals surface area contributed by atoms with Crippen molar-refractivity contribution >= 4 is 11.6 Å². The molecule has 1 aromatic carbocycles. The smallest absolute Gasteiger partial charge is 0.192 e. The van der Waals surface area contributed by atoms with Crippen LogP contribution in [0.5, 0.6) is 0 Å². The monoisotopic (exact) mass is 427 g/mol. The lowest BCUT2D eigenvalue weighted by Gasteiger charge is -2.36. The topological polar surface area (TPSA) is 70.4 Å². The van der Waals surface area contributed by atoms with Crippen molar-refractivity contribution in [2.75, 3.05) is 18.0 Å². The van der Waals surface area contributed by atoms with Crippen molar-refractivity contribution in [1.82, 2.24) is 25.4 Å². The lowest BCUT2D eigenvalue weighted by atomic mass is 10.0. The summed E-state index contributed by atoms with van der Waals surface area (Å²) in [5.74, 6) is 2.40. The molecule has 0 bridgehead atoms. The predicted molar refractivity (Wildman–Crippen MR) is 122 cm³/mol. The summed E-state index contributed by atoms with van der Waals surface area (Å²) in [6.45, 7) is 6.06. The van der Waals surface area contributed by atoms with Crippen LogP contribution in [-0.4, -0.2) is 45.9 Å². The van der Waals surface area contributed by atoms with E-state index in [9.17, 15) is 4.39 Å². The first-order valence-corrected chi connectivity index (χ1v) is 11.4. The van der Waals surface area contributed by atoms with Gasteiger partial charge in [-0.15, -0.1) is 10.2 Å². The number of rotatable bonds is 5. The minimum Gasteiger partial charge on any atom is -0.367 e. The van der Waals surface area contributed by atoms with Crippen molar-refractivity contribution in [3.05, 3.63) is 41.2 Å². The third-order valence-corrected chi connectivity index (χ3v) is 6.46. The van der Waals surface area contributed by atoms with Gasteiger partial charge in [-0.1, -0.05) is 18.9 Å². The molecule has 1 aliphatic carbocycles. The first-order valence-electron chi connectivity index (χ1n) is 11.4. The fraction of sp³-hybridized carbons (Fsp3) is 0.609. The van der Waals surface area contributed by atoms with E-state index < -0.39 is 0 Å². The molecule has 1 atom stereocenters. The minimum absolute atomic E-state index is 0.151. The summed E-state index contributed by atoms with van der Waals surface area (Å²) in [4.78, 5) is 6.99. The van der Waals surface area contributed by atoms with Crippen LogP contribution in [0.25, 0.3) is 0 Å². The van der Waals surface area contributed by atoms with Gasteiger partial charge in [0.1, 0.15) is 18.2 Å². The number of benzene rings is 1. The number of hydrogen-bond acceptors (Lipinski definition) is 4. The Hall–Kier alpha value is -2.64. The van der Waals surface area contributed by atoms with Crippen molar-refractivity contribution in [2.24, 2.45) is 12.0 Å². The van der Waals surface area contributed by atoms with Gasteiger partial charge in [-0.2, -0.15) is 0 Å². The van der Waals surface area contributed by atoms with Crippen molar-refractivity contribution in [3.8, 4) is 0 Å². The second-order valence-corrected chi connectivity index (χ2v) is 8.90. The molecule has 8 heteroatoms. The van der Waals surface area contributed by atoms with Crippen LogP contribution >= 0.6 is 0 Å². The van der Waals surface area contributed by atoms with E-state index in [-0.39, 0.29) is 11.9 Å². The summed E-state index contributed by atoms with van der Waals surface area (Å²) in [5, 5.41) is 15.6. The summed E-state index contributed by atoms with van der Waals surface area (Å²) < 4.78 is 16.4. The van der Waals surface area contributed by atoms with Gasteiger partial charge in [0.25, 0.3) is 0 Å². The summed E-state index contributed by atoms with van der Waals surface area (Å²) in [6.07, 6.45) is 6.93. The molecular weight excluding hydrogens is 393 g/mol. The molecule has 1 aromatic heterocycles. The van der Waals surface area contributed by atoms with Crippen molar-refractivity contribution < 1.29 is 4.39 Å². The number of aryl methyl sites for hydroxylation is 2. The van der Waals surface area contributed by atoms with Gasteiger partial charge in [0.15, 0.2) is 11.8 Å². The Balaban J connectivity index is 1.46. The average molecular weight is 428 g/mol. The van der Waals surface area contributed by atoms with Crippen LogP contribution in [-0.2, 0) is 13.6 Å². The highest BCUT2D eigenvalue weighted by atomic mass is 19.1.